The molecule has 8 bridgehead atoms. The molecule has 0 saturated heterocycles. The van der Waals surface area contributed by atoms with Crippen LogP contribution in [0.2, 0.25) is 0 Å². The lowest BCUT2D eigenvalue weighted by molar-refractivity contribution is -0.190. The highest BCUT2D eigenvalue weighted by Crippen LogP contribution is 2.61. The zero-order chi connectivity index (χ0) is 24.9. The zero-order valence-corrected chi connectivity index (χ0v) is 21.7. The zero-order valence-electron chi connectivity index (χ0n) is 21.7. The number of hydrogen-bond acceptors (Lipinski definition) is 7. The second-order valence-corrected chi connectivity index (χ2v) is 13.4. The number of ether oxygens (including phenoxy) is 4. The molecule has 8 aliphatic carbocycles. The van der Waals surface area contributed by atoms with Crippen LogP contribution in [-0.4, -0.2) is 44.0 Å². The Labute approximate surface area is 214 Å². The minimum atomic E-state index is -0.648. The molecular weight excluding hydrogens is 460 g/mol. The summed E-state index contributed by atoms with van der Waals surface area (Å²) in [7, 11) is 0. The van der Waals surface area contributed by atoms with E-state index in [0.717, 1.165) is 38.5 Å². The summed E-state index contributed by atoms with van der Waals surface area (Å²) in [5.74, 6) is 3.36. The van der Waals surface area contributed by atoms with Gasteiger partial charge < -0.3 is 18.9 Å². The Balaban J connectivity index is 1.06. The fourth-order valence-electron chi connectivity index (χ4n) is 9.81. The standard InChI is InChI=1S/C29H42O7/c1-2-25(30)36-17-35-24(15-33-26(31)28-9-18-3-19(10-28)5-20(4-18)11-28)16-34-27(32)29-12-21-6-22(13-29)8-23(7-21)14-29/h18-24H,2-17H2,1H3. The Morgan fingerprint density at radius 2 is 1.00 bits per heavy atom. The van der Waals surface area contributed by atoms with E-state index < -0.39 is 6.10 Å². The van der Waals surface area contributed by atoms with Crippen LogP contribution in [-0.2, 0) is 33.3 Å². The van der Waals surface area contributed by atoms with Gasteiger partial charge in [0, 0.05) is 6.42 Å². The molecule has 0 aromatic heterocycles. The van der Waals surface area contributed by atoms with E-state index in [0.29, 0.717) is 35.5 Å². The largest absolute Gasteiger partial charge is 0.462 e. The summed E-state index contributed by atoms with van der Waals surface area (Å²) < 4.78 is 22.6. The number of carbonyl (C=O) groups excluding carboxylic acids is 3. The lowest BCUT2D eigenvalue weighted by atomic mass is 9.49. The van der Waals surface area contributed by atoms with Gasteiger partial charge in [0.05, 0.1) is 10.8 Å². The van der Waals surface area contributed by atoms with Gasteiger partial charge in [-0.1, -0.05) is 6.92 Å². The fraction of sp³-hybridized carbons (Fsp3) is 0.897. The molecule has 0 radical (unpaired) electrons. The molecule has 8 aliphatic rings. The molecule has 0 amide bonds. The van der Waals surface area contributed by atoms with Crippen molar-refractivity contribution >= 4 is 17.9 Å². The van der Waals surface area contributed by atoms with Gasteiger partial charge in [-0.2, -0.15) is 0 Å². The smallest absolute Gasteiger partial charge is 0.312 e. The van der Waals surface area contributed by atoms with Crippen LogP contribution in [0.25, 0.3) is 0 Å². The van der Waals surface area contributed by atoms with Crippen LogP contribution in [0, 0.1) is 46.3 Å². The molecular formula is C29H42O7. The van der Waals surface area contributed by atoms with E-state index in [1.54, 1.807) is 6.92 Å². The Morgan fingerprint density at radius 1 is 0.639 bits per heavy atom. The molecule has 7 nitrogen and oxygen atoms in total. The first-order valence-electron chi connectivity index (χ1n) is 14.5. The van der Waals surface area contributed by atoms with Gasteiger partial charge in [-0.25, -0.2) is 0 Å². The van der Waals surface area contributed by atoms with Gasteiger partial charge in [-0.15, -0.1) is 0 Å². The van der Waals surface area contributed by atoms with E-state index in [1.165, 1.54) is 38.5 Å². The average molecular weight is 503 g/mol. The molecule has 0 aromatic carbocycles. The lowest BCUT2D eigenvalue weighted by Gasteiger charge is -2.55. The minimum Gasteiger partial charge on any atom is -0.462 e. The molecule has 0 N–H and O–H groups in total. The number of carbonyl (C=O) groups is 3. The molecule has 0 heterocycles. The molecule has 200 valence electrons. The molecule has 0 atom stereocenters. The van der Waals surface area contributed by atoms with E-state index in [2.05, 4.69) is 0 Å². The molecule has 0 aliphatic heterocycles. The second-order valence-electron chi connectivity index (χ2n) is 13.4. The van der Waals surface area contributed by atoms with Crippen molar-refractivity contribution in [2.75, 3.05) is 20.0 Å². The van der Waals surface area contributed by atoms with Crippen LogP contribution in [0.4, 0.5) is 0 Å². The molecule has 36 heavy (non-hydrogen) atoms. The predicted molar refractivity (Wildman–Crippen MR) is 129 cm³/mol. The van der Waals surface area contributed by atoms with Gasteiger partial charge in [0.1, 0.15) is 19.3 Å². The first-order chi connectivity index (χ1) is 17.3. The van der Waals surface area contributed by atoms with Crippen molar-refractivity contribution in [3.05, 3.63) is 0 Å². The number of hydrogen-bond donors (Lipinski definition) is 0. The Morgan fingerprint density at radius 3 is 1.33 bits per heavy atom. The molecule has 8 fully saturated rings. The fourth-order valence-corrected chi connectivity index (χ4v) is 9.81. The van der Waals surface area contributed by atoms with E-state index >= 15 is 0 Å². The normalized spacial score (nSPS) is 42.2. The molecule has 0 spiro atoms. The molecule has 0 unspecified atom stereocenters. The highest BCUT2D eigenvalue weighted by atomic mass is 16.7. The third kappa shape index (κ3) is 4.69. The third-order valence-corrected chi connectivity index (χ3v) is 10.6. The highest BCUT2D eigenvalue weighted by molar-refractivity contribution is 5.78. The number of esters is 3. The monoisotopic (exact) mass is 502 g/mol. The Kier molecular flexibility index (Phi) is 6.58. The van der Waals surface area contributed by atoms with Crippen molar-refractivity contribution in [1.29, 1.82) is 0 Å². The summed E-state index contributed by atoms with van der Waals surface area (Å²) in [6.07, 6.45) is 12.9. The summed E-state index contributed by atoms with van der Waals surface area (Å²) in [5, 5.41) is 0. The maximum atomic E-state index is 13.3. The predicted octanol–water partition coefficient (Wildman–Crippen LogP) is 4.80. The van der Waals surface area contributed by atoms with Crippen LogP contribution >= 0.6 is 0 Å². The van der Waals surface area contributed by atoms with E-state index in [4.69, 9.17) is 18.9 Å². The maximum absolute atomic E-state index is 13.3. The number of rotatable bonds is 10. The average Bonchev–Trinajstić information content (AvgIpc) is 2.83. The SMILES string of the molecule is CCC(=O)OCOC(COC(=O)C12CC3CC(CC(C3)C1)C2)COC(=O)C12CC3CC(CC(C3)C1)C2. The van der Waals surface area contributed by atoms with Crippen LogP contribution in [0.1, 0.15) is 90.4 Å². The molecule has 0 aromatic rings. The van der Waals surface area contributed by atoms with Crippen LogP contribution in [0.3, 0.4) is 0 Å². The lowest BCUT2D eigenvalue weighted by Crippen LogP contribution is -2.51. The molecule has 8 rings (SSSR count). The molecule has 7 heteroatoms. The topological polar surface area (TPSA) is 88.1 Å². The summed E-state index contributed by atoms with van der Waals surface area (Å²) in [5.41, 5.74) is -0.687. The first kappa shape index (κ1) is 24.7. The van der Waals surface area contributed by atoms with Crippen molar-refractivity contribution in [2.45, 2.75) is 96.5 Å². The Hall–Kier alpha value is -1.63. The van der Waals surface area contributed by atoms with Crippen molar-refractivity contribution < 1.29 is 33.3 Å². The van der Waals surface area contributed by atoms with Gasteiger partial charge in [-0.05, 0) is 113 Å². The van der Waals surface area contributed by atoms with Crippen molar-refractivity contribution in [3.63, 3.8) is 0 Å². The van der Waals surface area contributed by atoms with Crippen LogP contribution < -0.4 is 0 Å². The van der Waals surface area contributed by atoms with Crippen molar-refractivity contribution in [2.24, 2.45) is 46.3 Å². The first-order valence-corrected chi connectivity index (χ1v) is 14.5. The van der Waals surface area contributed by atoms with Gasteiger partial charge in [0.25, 0.3) is 0 Å². The van der Waals surface area contributed by atoms with Gasteiger partial charge >= 0.3 is 17.9 Å². The van der Waals surface area contributed by atoms with Crippen LogP contribution in [0.15, 0.2) is 0 Å². The summed E-state index contributed by atoms with van der Waals surface area (Å²) >= 11 is 0. The highest BCUT2D eigenvalue weighted by Gasteiger charge is 2.57. The summed E-state index contributed by atoms with van der Waals surface area (Å²) in [6, 6.07) is 0. The summed E-state index contributed by atoms with van der Waals surface area (Å²) in [4.78, 5) is 38.2. The van der Waals surface area contributed by atoms with Crippen molar-refractivity contribution in [3.8, 4) is 0 Å². The summed E-state index contributed by atoms with van der Waals surface area (Å²) in [6.45, 7) is 1.51. The quantitative estimate of drug-likeness (QED) is 0.241. The molecule has 8 saturated carbocycles. The Bertz CT molecular complexity index is 748. The maximum Gasteiger partial charge on any atom is 0.312 e. The van der Waals surface area contributed by atoms with Crippen molar-refractivity contribution in [1.82, 2.24) is 0 Å². The van der Waals surface area contributed by atoms with Gasteiger partial charge in [-0.3, -0.25) is 14.4 Å². The van der Waals surface area contributed by atoms with Gasteiger partial charge in [0.15, 0.2) is 6.79 Å². The second kappa shape index (κ2) is 9.59. The van der Waals surface area contributed by atoms with E-state index in [-0.39, 0.29) is 55.2 Å². The third-order valence-electron chi connectivity index (χ3n) is 10.6. The van der Waals surface area contributed by atoms with E-state index in [9.17, 15) is 14.4 Å². The van der Waals surface area contributed by atoms with Crippen LogP contribution in [0.5, 0.6) is 0 Å². The van der Waals surface area contributed by atoms with E-state index in [1.807, 2.05) is 0 Å². The van der Waals surface area contributed by atoms with Gasteiger partial charge in [0.2, 0.25) is 0 Å². The minimum absolute atomic E-state index is 0.0123.